The molecule has 0 atom stereocenters. The third-order valence-electron chi connectivity index (χ3n) is 4.38. The summed E-state index contributed by atoms with van der Waals surface area (Å²) in [5.41, 5.74) is 3.10. The average molecular weight is 290 g/mol. The molecule has 0 radical (unpaired) electrons. The Morgan fingerprint density at radius 2 is 2.05 bits per heavy atom. The Kier molecular flexibility index (Phi) is 2.83. The van der Waals surface area contributed by atoms with Gasteiger partial charge in [-0.3, -0.25) is 9.89 Å². The molecular formula is C17H14N4O. The molecule has 1 aliphatic rings. The maximum Gasteiger partial charge on any atom is 0.276 e. The van der Waals surface area contributed by atoms with Crippen molar-refractivity contribution in [2.24, 2.45) is 0 Å². The first-order valence-electron chi connectivity index (χ1n) is 7.39. The standard InChI is InChI=1S/C17H14N4O/c18-9-13-10-19-21-16(13)20-15(12-5-2-1-3-6-12)14(17(21)22)11-7-4-8-11/h1-3,5-6,10-11,19H,4,7-8H2. The summed E-state index contributed by atoms with van der Waals surface area (Å²) in [4.78, 5) is 17.5. The van der Waals surface area contributed by atoms with E-state index in [1.165, 1.54) is 10.7 Å². The molecule has 3 aromatic rings. The number of nitrogens with zero attached hydrogens (tertiary/aromatic N) is 3. The summed E-state index contributed by atoms with van der Waals surface area (Å²) in [6.07, 6.45) is 4.72. The fourth-order valence-electron chi connectivity index (χ4n) is 2.99. The highest BCUT2D eigenvalue weighted by atomic mass is 16.1. The van der Waals surface area contributed by atoms with Gasteiger partial charge in [0.15, 0.2) is 5.65 Å². The summed E-state index contributed by atoms with van der Waals surface area (Å²) >= 11 is 0. The molecule has 5 heteroatoms. The zero-order chi connectivity index (χ0) is 15.1. The Labute approximate surface area is 126 Å². The Morgan fingerprint density at radius 3 is 2.68 bits per heavy atom. The molecule has 0 amide bonds. The lowest BCUT2D eigenvalue weighted by Crippen LogP contribution is -2.26. The van der Waals surface area contributed by atoms with Gasteiger partial charge in [0, 0.05) is 17.3 Å². The Balaban J connectivity index is 2.08. The number of fused-ring (bicyclic) bond motifs is 1. The number of rotatable bonds is 2. The van der Waals surface area contributed by atoms with Gasteiger partial charge in [-0.2, -0.15) is 5.26 Å². The number of H-pyrrole nitrogens is 1. The van der Waals surface area contributed by atoms with Gasteiger partial charge in [0.05, 0.1) is 5.69 Å². The number of benzene rings is 1. The highest BCUT2D eigenvalue weighted by Gasteiger charge is 2.28. The van der Waals surface area contributed by atoms with E-state index in [0.717, 1.165) is 30.4 Å². The van der Waals surface area contributed by atoms with E-state index in [9.17, 15) is 10.1 Å². The molecule has 0 saturated heterocycles. The predicted octanol–water partition coefficient (Wildman–Crippen LogP) is 2.83. The van der Waals surface area contributed by atoms with E-state index < -0.39 is 0 Å². The molecule has 1 fully saturated rings. The van der Waals surface area contributed by atoms with Crippen LogP contribution in [-0.4, -0.2) is 14.6 Å². The first kappa shape index (κ1) is 12.8. The molecule has 0 unspecified atom stereocenters. The lowest BCUT2D eigenvalue weighted by Gasteiger charge is -2.26. The second kappa shape index (κ2) is 4.85. The molecule has 108 valence electrons. The fraction of sp³-hybridized carbons (Fsp3) is 0.235. The minimum absolute atomic E-state index is 0.0879. The molecule has 0 bridgehead atoms. The van der Waals surface area contributed by atoms with E-state index in [1.807, 2.05) is 30.3 Å². The maximum absolute atomic E-state index is 12.9. The molecule has 22 heavy (non-hydrogen) atoms. The van der Waals surface area contributed by atoms with Crippen molar-refractivity contribution in [3.63, 3.8) is 0 Å². The van der Waals surface area contributed by atoms with E-state index in [2.05, 4.69) is 16.2 Å². The third kappa shape index (κ3) is 1.77. The largest absolute Gasteiger partial charge is 0.295 e. The molecule has 0 aliphatic heterocycles. The van der Waals surface area contributed by atoms with Crippen molar-refractivity contribution in [2.75, 3.05) is 0 Å². The fourth-order valence-corrected chi connectivity index (χ4v) is 2.99. The van der Waals surface area contributed by atoms with Crippen LogP contribution in [0.15, 0.2) is 41.3 Å². The minimum Gasteiger partial charge on any atom is -0.295 e. The van der Waals surface area contributed by atoms with Crippen molar-refractivity contribution in [3.05, 3.63) is 58.0 Å². The number of hydrogen-bond donors (Lipinski definition) is 1. The molecule has 5 nitrogen and oxygen atoms in total. The molecule has 0 spiro atoms. The van der Waals surface area contributed by atoms with E-state index in [0.29, 0.717) is 16.9 Å². The van der Waals surface area contributed by atoms with Crippen molar-refractivity contribution < 1.29 is 0 Å². The Bertz CT molecular complexity index is 942. The second-order valence-corrected chi connectivity index (χ2v) is 5.63. The molecule has 1 aliphatic carbocycles. The molecule has 1 saturated carbocycles. The number of nitriles is 1. The average Bonchev–Trinajstić information content (AvgIpc) is 2.92. The Morgan fingerprint density at radius 1 is 1.27 bits per heavy atom. The molecular weight excluding hydrogens is 276 g/mol. The minimum atomic E-state index is -0.0879. The van der Waals surface area contributed by atoms with Crippen LogP contribution in [0.3, 0.4) is 0 Å². The monoisotopic (exact) mass is 290 g/mol. The highest BCUT2D eigenvalue weighted by molar-refractivity contribution is 5.68. The van der Waals surface area contributed by atoms with E-state index in [4.69, 9.17) is 0 Å². The van der Waals surface area contributed by atoms with Crippen LogP contribution in [0.25, 0.3) is 16.9 Å². The summed E-state index contributed by atoms with van der Waals surface area (Å²) in [5.74, 6) is 0.265. The third-order valence-corrected chi connectivity index (χ3v) is 4.38. The van der Waals surface area contributed by atoms with Crippen LogP contribution < -0.4 is 5.56 Å². The number of aromatic nitrogens is 3. The van der Waals surface area contributed by atoms with Crippen LogP contribution >= 0.6 is 0 Å². The van der Waals surface area contributed by atoms with Gasteiger partial charge in [-0.15, -0.1) is 0 Å². The van der Waals surface area contributed by atoms with Gasteiger partial charge in [-0.1, -0.05) is 36.8 Å². The molecule has 1 N–H and O–H groups in total. The van der Waals surface area contributed by atoms with Gasteiger partial charge < -0.3 is 0 Å². The number of hydrogen-bond acceptors (Lipinski definition) is 3. The first-order valence-corrected chi connectivity index (χ1v) is 7.39. The van der Waals surface area contributed by atoms with E-state index >= 15 is 0 Å². The van der Waals surface area contributed by atoms with Crippen LogP contribution in [0.1, 0.15) is 36.3 Å². The Hall–Kier alpha value is -2.87. The summed E-state index contributed by atoms with van der Waals surface area (Å²) in [7, 11) is 0. The number of aromatic amines is 1. The SMILES string of the molecule is N#Cc1c[nH]n2c(=O)c(C3CCC3)c(-c3ccccc3)nc12. The maximum atomic E-state index is 12.9. The number of nitrogens with one attached hydrogen (secondary N) is 1. The summed E-state index contributed by atoms with van der Waals surface area (Å²) in [6, 6.07) is 11.8. The van der Waals surface area contributed by atoms with E-state index in [1.54, 1.807) is 0 Å². The van der Waals surface area contributed by atoms with Crippen molar-refractivity contribution >= 4 is 5.65 Å². The van der Waals surface area contributed by atoms with Crippen LogP contribution in [0.5, 0.6) is 0 Å². The van der Waals surface area contributed by atoms with Crippen molar-refractivity contribution in [2.45, 2.75) is 25.2 Å². The van der Waals surface area contributed by atoms with Gasteiger partial charge in [-0.05, 0) is 18.8 Å². The molecule has 2 aromatic heterocycles. The van der Waals surface area contributed by atoms with Crippen LogP contribution in [-0.2, 0) is 0 Å². The molecule has 2 heterocycles. The van der Waals surface area contributed by atoms with Gasteiger partial charge >= 0.3 is 0 Å². The van der Waals surface area contributed by atoms with E-state index in [-0.39, 0.29) is 11.5 Å². The normalized spacial score (nSPS) is 14.7. The second-order valence-electron chi connectivity index (χ2n) is 5.63. The quantitative estimate of drug-likeness (QED) is 0.788. The summed E-state index contributed by atoms with van der Waals surface area (Å²) in [5, 5.41) is 12.0. The van der Waals surface area contributed by atoms with Crippen LogP contribution in [0.4, 0.5) is 0 Å². The lowest BCUT2D eigenvalue weighted by molar-refractivity contribution is 0.415. The smallest absolute Gasteiger partial charge is 0.276 e. The van der Waals surface area contributed by atoms with Gasteiger partial charge in [0.25, 0.3) is 5.56 Å². The van der Waals surface area contributed by atoms with Gasteiger partial charge in [0.1, 0.15) is 11.6 Å². The van der Waals surface area contributed by atoms with Crippen LogP contribution in [0.2, 0.25) is 0 Å². The van der Waals surface area contributed by atoms with Crippen molar-refractivity contribution in [1.29, 1.82) is 5.26 Å². The molecule has 4 rings (SSSR count). The van der Waals surface area contributed by atoms with Crippen molar-refractivity contribution in [1.82, 2.24) is 14.6 Å². The van der Waals surface area contributed by atoms with Gasteiger partial charge in [-0.25, -0.2) is 9.50 Å². The summed E-state index contributed by atoms with van der Waals surface area (Å²) in [6.45, 7) is 0. The predicted molar refractivity (Wildman–Crippen MR) is 82.6 cm³/mol. The highest BCUT2D eigenvalue weighted by Crippen LogP contribution is 2.38. The lowest BCUT2D eigenvalue weighted by atomic mass is 9.79. The topological polar surface area (TPSA) is 73.9 Å². The van der Waals surface area contributed by atoms with Crippen molar-refractivity contribution in [3.8, 4) is 17.3 Å². The zero-order valence-electron chi connectivity index (χ0n) is 11.9. The molecule has 1 aromatic carbocycles. The summed E-state index contributed by atoms with van der Waals surface area (Å²) < 4.78 is 1.39. The zero-order valence-corrected chi connectivity index (χ0v) is 11.9. The van der Waals surface area contributed by atoms with Gasteiger partial charge in [0.2, 0.25) is 0 Å². The first-order chi connectivity index (χ1) is 10.8. The van der Waals surface area contributed by atoms with Crippen LogP contribution in [0, 0.1) is 11.3 Å².